The fourth-order valence-corrected chi connectivity index (χ4v) is 2.76. The zero-order chi connectivity index (χ0) is 17.2. The summed E-state index contributed by atoms with van der Waals surface area (Å²) in [6.45, 7) is 8.24. The summed E-state index contributed by atoms with van der Waals surface area (Å²) in [6, 6.07) is 3.60. The van der Waals surface area contributed by atoms with E-state index in [1.165, 1.54) is 10.6 Å². The summed E-state index contributed by atoms with van der Waals surface area (Å²) >= 11 is 0. The van der Waals surface area contributed by atoms with Crippen LogP contribution in [0.25, 0.3) is 5.65 Å². The van der Waals surface area contributed by atoms with Gasteiger partial charge >= 0.3 is 0 Å². The molecule has 0 aromatic carbocycles. The van der Waals surface area contributed by atoms with Crippen LogP contribution in [0.3, 0.4) is 0 Å². The van der Waals surface area contributed by atoms with Crippen LogP contribution in [0, 0.1) is 12.8 Å². The molecule has 2 aromatic heterocycles. The molecule has 0 bridgehead atoms. The van der Waals surface area contributed by atoms with E-state index in [-0.39, 0.29) is 23.5 Å². The molecule has 1 amide bonds. The maximum absolute atomic E-state index is 12.5. The van der Waals surface area contributed by atoms with Crippen LogP contribution in [0.4, 0.5) is 0 Å². The van der Waals surface area contributed by atoms with E-state index in [1.807, 2.05) is 13.8 Å². The Morgan fingerprint density at radius 2 is 2.12 bits per heavy atom. The summed E-state index contributed by atoms with van der Waals surface area (Å²) in [4.78, 5) is 29.2. The summed E-state index contributed by atoms with van der Waals surface area (Å²) in [5.41, 5.74) is 6.43. The lowest BCUT2D eigenvalue weighted by atomic mass is 9.90. The van der Waals surface area contributed by atoms with E-state index in [0.717, 1.165) is 12.0 Å². The van der Waals surface area contributed by atoms with Gasteiger partial charge in [-0.15, -0.1) is 12.4 Å². The molecule has 0 aliphatic rings. The highest BCUT2D eigenvalue weighted by Gasteiger charge is 2.27. The summed E-state index contributed by atoms with van der Waals surface area (Å²) in [7, 11) is 0. The standard InChI is InChI=1S/C17H24N4O2.ClH/c1-11(2)8-17(4,10-18)20-15(22)13-9-19-14-7-12(3)5-6-21(14)16(13)23;/h5-7,9,11H,8,10,18H2,1-4H3,(H,20,22);1H. The second-order valence-electron chi connectivity index (χ2n) is 6.73. The average molecular weight is 353 g/mol. The van der Waals surface area contributed by atoms with Gasteiger partial charge in [0.1, 0.15) is 11.2 Å². The minimum absolute atomic E-state index is 0. The number of fused-ring (bicyclic) bond motifs is 1. The van der Waals surface area contributed by atoms with Gasteiger partial charge in [0, 0.05) is 24.5 Å². The minimum Gasteiger partial charge on any atom is -0.345 e. The van der Waals surface area contributed by atoms with E-state index in [1.54, 1.807) is 18.3 Å². The van der Waals surface area contributed by atoms with E-state index in [4.69, 9.17) is 5.73 Å². The van der Waals surface area contributed by atoms with Crippen LogP contribution in [0.15, 0.2) is 29.3 Å². The average Bonchev–Trinajstić information content (AvgIpc) is 2.46. The summed E-state index contributed by atoms with van der Waals surface area (Å²) in [6.07, 6.45) is 3.70. The number of hydrogen-bond donors (Lipinski definition) is 2. The van der Waals surface area contributed by atoms with Crippen molar-refractivity contribution in [2.75, 3.05) is 6.54 Å². The second-order valence-corrected chi connectivity index (χ2v) is 6.73. The van der Waals surface area contributed by atoms with Gasteiger partial charge in [0.2, 0.25) is 0 Å². The summed E-state index contributed by atoms with van der Waals surface area (Å²) in [5, 5.41) is 2.89. The molecule has 2 aromatic rings. The molecule has 6 nitrogen and oxygen atoms in total. The molecule has 1 atom stereocenters. The fraction of sp³-hybridized carbons (Fsp3) is 0.471. The van der Waals surface area contributed by atoms with Crippen molar-refractivity contribution in [2.24, 2.45) is 11.7 Å². The van der Waals surface area contributed by atoms with Gasteiger partial charge in [-0.05, 0) is 43.9 Å². The lowest BCUT2D eigenvalue weighted by Crippen LogP contribution is -2.53. The first-order chi connectivity index (χ1) is 10.8. The van der Waals surface area contributed by atoms with Crippen molar-refractivity contribution in [1.82, 2.24) is 14.7 Å². The molecule has 1 unspecified atom stereocenters. The lowest BCUT2D eigenvalue weighted by Gasteiger charge is -2.31. The highest BCUT2D eigenvalue weighted by molar-refractivity contribution is 5.94. The van der Waals surface area contributed by atoms with Gasteiger partial charge in [0.15, 0.2) is 0 Å². The molecular formula is C17H25ClN4O2. The lowest BCUT2D eigenvalue weighted by molar-refractivity contribution is 0.0896. The Kier molecular flexibility index (Phi) is 6.51. The molecule has 7 heteroatoms. The number of carbonyl (C=O) groups excluding carboxylic acids is 1. The van der Waals surface area contributed by atoms with Crippen LogP contribution in [0.5, 0.6) is 0 Å². The van der Waals surface area contributed by atoms with Gasteiger partial charge in [0.25, 0.3) is 11.5 Å². The van der Waals surface area contributed by atoms with Crippen molar-refractivity contribution in [1.29, 1.82) is 0 Å². The molecule has 0 saturated carbocycles. The Balaban J connectivity index is 0.00000288. The number of aromatic nitrogens is 2. The number of nitrogens with two attached hydrogens (primary N) is 1. The minimum atomic E-state index is -0.551. The zero-order valence-electron chi connectivity index (χ0n) is 14.5. The zero-order valence-corrected chi connectivity index (χ0v) is 15.3. The maximum Gasteiger partial charge on any atom is 0.270 e. The largest absolute Gasteiger partial charge is 0.345 e. The molecule has 2 heterocycles. The van der Waals surface area contributed by atoms with Gasteiger partial charge in [-0.1, -0.05) is 13.8 Å². The van der Waals surface area contributed by atoms with E-state index < -0.39 is 11.4 Å². The Bertz CT molecular complexity index is 788. The van der Waals surface area contributed by atoms with Gasteiger partial charge in [-0.2, -0.15) is 0 Å². The highest BCUT2D eigenvalue weighted by Crippen LogP contribution is 2.15. The van der Waals surface area contributed by atoms with Crippen LogP contribution in [0.2, 0.25) is 0 Å². The van der Waals surface area contributed by atoms with Gasteiger partial charge in [-0.25, -0.2) is 4.98 Å². The van der Waals surface area contributed by atoms with Gasteiger partial charge < -0.3 is 11.1 Å². The summed E-state index contributed by atoms with van der Waals surface area (Å²) in [5.74, 6) is -0.0614. The number of nitrogens with zero attached hydrogens (tertiary/aromatic N) is 2. The number of rotatable bonds is 5. The number of pyridine rings is 1. The first-order valence-electron chi connectivity index (χ1n) is 7.76. The third-order valence-electron chi connectivity index (χ3n) is 3.83. The molecule has 0 aliphatic heterocycles. The normalized spacial score (nSPS) is 13.4. The van der Waals surface area contributed by atoms with Crippen LogP contribution in [-0.2, 0) is 0 Å². The van der Waals surface area contributed by atoms with Crippen molar-refractivity contribution < 1.29 is 4.79 Å². The monoisotopic (exact) mass is 352 g/mol. The van der Waals surface area contributed by atoms with E-state index in [0.29, 0.717) is 18.1 Å². The Hall–Kier alpha value is -1.92. The van der Waals surface area contributed by atoms with Crippen LogP contribution < -0.4 is 16.6 Å². The number of carbonyl (C=O) groups is 1. The SMILES string of the molecule is Cc1ccn2c(=O)c(C(=O)NC(C)(CN)CC(C)C)cnc2c1.Cl. The molecule has 0 saturated heterocycles. The summed E-state index contributed by atoms with van der Waals surface area (Å²) < 4.78 is 1.38. The van der Waals surface area contributed by atoms with Crippen molar-refractivity contribution in [2.45, 2.75) is 39.7 Å². The Labute approximate surface area is 147 Å². The topological polar surface area (TPSA) is 89.5 Å². The van der Waals surface area contributed by atoms with Crippen molar-refractivity contribution in [3.8, 4) is 0 Å². The predicted octanol–water partition coefficient (Wildman–Crippen LogP) is 1.92. The molecule has 0 aliphatic carbocycles. The molecule has 3 N–H and O–H groups in total. The van der Waals surface area contributed by atoms with Crippen molar-refractivity contribution >= 4 is 24.0 Å². The van der Waals surface area contributed by atoms with Crippen molar-refractivity contribution in [3.05, 3.63) is 46.0 Å². The first kappa shape index (κ1) is 20.1. The molecule has 2 rings (SSSR count). The highest BCUT2D eigenvalue weighted by atomic mass is 35.5. The Morgan fingerprint density at radius 3 is 2.71 bits per heavy atom. The molecule has 0 spiro atoms. The van der Waals surface area contributed by atoms with E-state index in [2.05, 4.69) is 24.1 Å². The second kappa shape index (κ2) is 7.77. The molecule has 0 radical (unpaired) electrons. The van der Waals surface area contributed by atoms with Crippen molar-refractivity contribution in [3.63, 3.8) is 0 Å². The number of aryl methyl sites for hydroxylation is 1. The number of amides is 1. The van der Waals surface area contributed by atoms with E-state index in [9.17, 15) is 9.59 Å². The maximum atomic E-state index is 12.5. The number of hydrogen-bond acceptors (Lipinski definition) is 4. The van der Waals surface area contributed by atoms with Gasteiger partial charge in [0.05, 0.1) is 0 Å². The van der Waals surface area contributed by atoms with Crippen LogP contribution in [-0.4, -0.2) is 27.4 Å². The first-order valence-corrected chi connectivity index (χ1v) is 7.76. The van der Waals surface area contributed by atoms with Crippen LogP contribution in [0.1, 0.15) is 43.1 Å². The van der Waals surface area contributed by atoms with E-state index >= 15 is 0 Å². The fourth-order valence-electron chi connectivity index (χ4n) is 2.76. The van der Waals surface area contributed by atoms with Crippen LogP contribution >= 0.6 is 12.4 Å². The third kappa shape index (κ3) is 4.33. The number of nitrogens with one attached hydrogen (secondary N) is 1. The molecule has 0 fully saturated rings. The predicted molar refractivity (Wildman–Crippen MR) is 97.8 cm³/mol. The molecule has 24 heavy (non-hydrogen) atoms. The smallest absolute Gasteiger partial charge is 0.270 e. The quantitative estimate of drug-likeness (QED) is 0.860. The van der Waals surface area contributed by atoms with Gasteiger partial charge in [-0.3, -0.25) is 14.0 Å². The molecule has 132 valence electrons. The Morgan fingerprint density at radius 1 is 1.46 bits per heavy atom. The number of halogens is 1. The third-order valence-corrected chi connectivity index (χ3v) is 3.83. The molecular weight excluding hydrogens is 328 g/mol.